The van der Waals surface area contributed by atoms with Gasteiger partial charge in [-0.3, -0.25) is 20.0 Å². The van der Waals surface area contributed by atoms with E-state index in [0.29, 0.717) is 0 Å². The van der Waals surface area contributed by atoms with Crippen LogP contribution in [0.1, 0.15) is 186 Å². The summed E-state index contributed by atoms with van der Waals surface area (Å²) in [5.74, 6) is 0. The van der Waals surface area contributed by atoms with Crippen LogP contribution in [0.5, 0.6) is 0 Å². The average molecular weight is 1050 g/mol. The summed E-state index contributed by atoms with van der Waals surface area (Å²) >= 11 is 0. The first-order chi connectivity index (χ1) is 33.5. The van der Waals surface area contributed by atoms with Crippen LogP contribution >= 0.6 is 0 Å². The van der Waals surface area contributed by atoms with Crippen LogP contribution in [0.4, 0.5) is 0 Å². The molecule has 0 bridgehead atoms. The average Bonchev–Trinajstić information content (AvgIpc) is 4.22. The van der Waals surface area contributed by atoms with E-state index in [1.807, 2.05) is 24.8 Å². The Bertz CT molecular complexity index is 2880. The molecule has 0 spiro atoms. The van der Waals surface area contributed by atoms with E-state index in [4.69, 9.17) is 20.0 Å². The summed E-state index contributed by atoms with van der Waals surface area (Å²) in [6.07, 6.45) is 26.8. The molecule has 0 unspecified atom stereocenters. The summed E-state index contributed by atoms with van der Waals surface area (Å²) in [6, 6.07) is 0. The summed E-state index contributed by atoms with van der Waals surface area (Å²) in [6.45, 7) is 34.7. The minimum absolute atomic E-state index is 0. The number of aryl methyl sites for hydroxylation is 4. The van der Waals surface area contributed by atoms with Gasteiger partial charge in [0.15, 0.2) is 0 Å². The van der Waals surface area contributed by atoms with Gasteiger partial charge in [0, 0.05) is 23.9 Å². The number of aromatic nitrogens is 4. The number of hydrogen-bond acceptors (Lipinski definition) is 4. The van der Waals surface area contributed by atoms with Gasteiger partial charge in [-0.05, 0) is 178 Å². The fourth-order valence-corrected chi connectivity index (χ4v) is 10.9. The van der Waals surface area contributed by atoms with Gasteiger partial charge in [0.2, 0.25) is 0 Å². The van der Waals surface area contributed by atoms with Crippen molar-refractivity contribution in [3.63, 3.8) is 0 Å². The molecule has 8 heterocycles. The van der Waals surface area contributed by atoms with E-state index in [1.54, 1.807) is 0 Å². The van der Waals surface area contributed by atoms with Gasteiger partial charge in [0.05, 0.1) is 22.8 Å². The molecule has 10 heteroatoms. The van der Waals surface area contributed by atoms with Crippen LogP contribution in [-0.2, 0) is 59.2 Å². The first kappa shape index (κ1) is 57.6. The van der Waals surface area contributed by atoms with Crippen molar-refractivity contribution >= 4 is 48.2 Å². The Balaban J connectivity index is 0.000000260. The summed E-state index contributed by atoms with van der Waals surface area (Å²) in [5, 5.41) is 0. The van der Waals surface area contributed by atoms with E-state index in [0.717, 1.165) is 133 Å². The van der Waals surface area contributed by atoms with Gasteiger partial charge in [0.25, 0.3) is 0 Å². The molecular formula is C62H76Co2N8. The second kappa shape index (κ2) is 25.1. The second-order valence-corrected chi connectivity index (χ2v) is 19.7. The second-order valence-electron chi connectivity index (χ2n) is 19.7. The topological polar surface area (TPSA) is 106 Å². The molecule has 8 nitrogen and oxygen atoms in total. The normalized spacial score (nSPS) is 17.7. The molecule has 0 fully saturated rings. The summed E-state index contributed by atoms with van der Waals surface area (Å²) in [4.78, 5) is 38.1. The molecule has 0 saturated carbocycles. The predicted octanol–water partition coefficient (Wildman–Crippen LogP) is 14.8. The Morgan fingerprint density at radius 3 is 1.12 bits per heavy atom. The molecule has 4 aromatic rings. The van der Waals surface area contributed by atoms with Crippen LogP contribution in [0.15, 0.2) is 99.7 Å². The zero-order valence-corrected chi connectivity index (χ0v) is 48.0. The zero-order chi connectivity index (χ0) is 50.6. The first-order valence-electron chi connectivity index (χ1n) is 25.8. The fourth-order valence-electron chi connectivity index (χ4n) is 10.9. The van der Waals surface area contributed by atoms with Crippen LogP contribution < -0.4 is 19.9 Å². The van der Waals surface area contributed by atoms with Crippen LogP contribution in [0.25, 0.3) is 24.3 Å². The van der Waals surface area contributed by atoms with Crippen LogP contribution in [-0.4, -0.2) is 23.9 Å². The number of hydrogen-bond donors (Lipinski definition) is 0. The summed E-state index contributed by atoms with van der Waals surface area (Å²) in [7, 11) is 0. The third-order valence-electron chi connectivity index (χ3n) is 15.2. The van der Waals surface area contributed by atoms with Crippen molar-refractivity contribution in [2.24, 2.45) is 20.0 Å². The molecular weight excluding hydrogens is 975 g/mol. The van der Waals surface area contributed by atoms with E-state index in [-0.39, 0.29) is 33.6 Å². The summed E-state index contributed by atoms with van der Waals surface area (Å²) < 4.78 is 0. The van der Waals surface area contributed by atoms with E-state index in [2.05, 4.69) is 155 Å². The van der Waals surface area contributed by atoms with E-state index < -0.39 is 0 Å². The van der Waals surface area contributed by atoms with Gasteiger partial charge in [-0.1, -0.05) is 110 Å². The minimum Gasteiger partial charge on any atom is -0.664 e. The maximum absolute atomic E-state index is 4.90. The molecule has 0 saturated heterocycles. The van der Waals surface area contributed by atoms with Crippen molar-refractivity contribution in [3.05, 3.63) is 158 Å². The van der Waals surface area contributed by atoms with Crippen molar-refractivity contribution in [2.75, 3.05) is 0 Å². The molecule has 4 aromatic heterocycles. The van der Waals surface area contributed by atoms with E-state index >= 15 is 0 Å². The Morgan fingerprint density at radius 1 is 0.417 bits per heavy atom. The third kappa shape index (κ3) is 12.2. The number of nitrogens with zero attached hydrogens (tertiary/aromatic N) is 8. The maximum atomic E-state index is 4.90. The molecule has 2 radical (unpaired) electrons. The summed E-state index contributed by atoms with van der Waals surface area (Å²) in [5.41, 5.74) is 34.1. The fraction of sp³-hybridized carbons (Fsp3) is 0.419. The van der Waals surface area contributed by atoms with Gasteiger partial charge in [-0.2, -0.15) is 23.8 Å². The minimum atomic E-state index is 0. The molecule has 72 heavy (non-hydrogen) atoms. The zero-order valence-electron chi connectivity index (χ0n) is 45.9. The molecule has 382 valence electrons. The van der Waals surface area contributed by atoms with Gasteiger partial charge < -0.3 is 19.9 Å². The molecule has 0 N–H and O–H groups in total. The molecule has 0 atom stereocenters. The SMILES string of the molecule is CCC1=C(C)C=N/C1=C/c1[n-]c(C)c(CCCC2=C(C)/C(=C\c3[n-]cc(C)c3CC)N=C2C)c1C.CCC1=C(C)C=N/C1=C/c1[n-]c(C)c(CCCC2=C(C)/C(=C\c3[n-]cc(C)c3CC)N=C2C)c1C.[Co+2].[Co+2]. The van der Waals surface area contributed by atoms with Crippen LogP contribution in [0.2, 0.25) is 0 Å². The molecule has 0 aromatic carbocycles. The largest absolute Gasteiger partial charge is 2.00 e. The monoisotopic (exact) mass is 1050 g/mol. The van der Waals surface area contributed by atoms with Crippen molar-refractivity contribution in [2.45, 2.75) is 175 Å². The van der Waals surface area contributed by atoms with E-state index in [1.165, 1.54) is 89.1 Å². The van der Waals surface area contributed by atoms with Gasteiger partial charge in [-0.25, -0.2) is 0 Å². The van der Waals surface area contributed by atoms with Crippen molar-refractivity contribution < 1.29 is 33.6 Å². The Labute approximate surface area is 452 Å². The smallest absolute Gasteiger partial charge is 0.664 e. The van der Waals surface area contributed by atoms with Crippen molar-refractivity contribution in [1.29, 1.82) is 0 Å². The molecule has 4 aliphatic rings. The number of rotatable bonds is 16. The molecule has 0 aliphatic carbocycles. The number of aliphatic imine (C=N–C) groups is 4. The Hall–Kier alpha value is -5.27. The Morgan fingerprint density at radius 2 is 0.778 bits per heavy atom. The molecule has 4 aliphatic heterocycles. The van der Waals surface area contributed by atoms with Gasteiger partial charge in [-0.15, -0.1) is 22.8 Å². The van der Waals surface area contributed by atoms with Crippen LogP contribution in [0, 0.1) is 41.5 Å². The Kier molecular flexibility index (Phi) is 20.1. The molecule has 8 rings (SSSR count). The van der Waals surface area contributed by atoms with Crippen molar-refractivity contribution in [1.82, 2.24) is 19.9 Å². The quantitative estimate of drug-likeness (QED) is 0.111. The van der Waals surface area contributed by atoms with E-state index in [9.17, 15) is 0 Å². The standard InChI is InChI=1S/2C31H38N4.2Co/c2*1-9-24-18(3)16-32-30(24)14-28-20(5)26(22(7)34-28)12-11-13-27-21(6)29(35-23(27)8)15-31-25(10-2)19(4)17-33-31;;/h2*14-17H,9-13H2,1-8H3;;/q2*-2;2*+2/b2*28-14+,31-15+;;. The van der Waals surface area contributed by atoms with Crippen LogP contribution in [0.3, 0.4) is 0 Å². The van der Waals surface area contributed by atoms with Gasteiger partial charge in [0.1, 0.15) is 0 Å². The van der Waals surface area contributed by atoms with Crippen molar-refractivity contribution in [3.8, 4) is 0 Å². The van der Waals surface area contributed by atoms with Gasteiger partial charge >= 0.3 is 33.6 Å². The maximum Gasteiger partial charge on any atom is 2.00 e. The number of allylic oxidation sites excluding steroid dienone is 8. The third-order valence-corrected chi connectivity index (χ3v) is 15.2. The molecule has 0 amide bonds. The first-order valence-corrected chi connectivity index (χ1v) is 25.8. The predicted molar refractivity (Wildman–Crippen MR) is 299 cm³/mol.